The van der Waals surface area contributed by atoms with Crippen LogP contribution in [0, 0.1) is 15.9 Å². The predicted octanol–water partition coefficient (Wildman–Crippen LogP) is 3.65. The zero-order valence-electron chi connectivity index (χ0n) is 14.5. The molecule has 3 rings (SSSR count). The fourth-order valence-corrected chi connectivity index (χ4v) is 3.13. The van der Waals surface area contributed by atoms with Crippen LogP contribution in [-0.4, -0.2) is 16.9 Å². The number of allylic oxidation sites excluding steroid dienone is 1. The van der Waals surface area contributed by atoms with Crippen LogP contribution >= 0.6 is 11.6 Å². The van der Waals surface area contributed by atoms with Crippen molar-refractivity contribution in [1.29, 1.82) is 0 Å². The molecule has 28 heavy (non-hydrogen) atoms. The number of benzene rings is 2. The van der Waals surface area contributed by atoms with Gasteiger partial charge in [-0.1, -0.05) is 17.7 Å². The van der Waals surface area contributed by atoms with E-state index in [9.17, 15) is 24.1 Å². The first-order valence-electron chi connectivity index (χ1n) is 8.06. The number of rotatable bonds is 4. The zero-order chi connectivity index (χ0) is 20.4. The third kappa shape index (κ3) is 3.79. The highest BCUT2D eigenvalue weighted by Crippen LogP contribution is 2.34. The maximum Gasteiger partial charge on any atom is 0.319 e. The van der Waals surface area contributed by atoms with Gasteiger partial charge in [0.1, 0.15) is 5.82 Å². The molecule has 0 fully saturated rings. The van der Waals surface area contributed by atoms with E-state index in [4.69, 9.17) is 11.6 Å². The van der Waals surface area contributed by atoms with Gasteiger partial charge in [-0.3, -0.25) is 14.9 Å². The fraction of sp³-hybridized carbons (Fsp3) is 0.111. The molecular formula is C18H14ClFN4O4. The van der Waals surface area contributed by atoms with Gasteiger partial charge in [0.25, 0.3) is 11.6 Å². The Morgan fingerprint density at radius 2 is 1.93 bits per heavy atom. The van der Waals surface area contributed by atoms with Crippen molar-refractivity contribution in [3.63, 3.8) is 0 Å². The number of nitrogens with zero attached hydrogens (tertiary/aromatic N) is 1. The Morgan fingerprint density at radius 1 is 1.25 bits per heavy atom. The second kappa shape index (κ2) is 7.65. The quantitative estimate of drug-likeness (QED) is 0.533. The summed E-state index contributed by atoms with van der Waals surface area (Å²) in [6, 6.07) is 7.54. The summed E-state index contributed by atoms with van der Waals surface area (Å²) >= 11 is 6.11. The van der Waals surface area contributed by atoms with Gasteiger partial charge in [0, 0.05) is 34.1 Å². The third-order valence-electron chi connectivity index (χ3n) is 4.14. The molecule has 3 N–H and O–H groups in total. The number of non-ortho nitro benzene ring substituents is 1. The maximum absolute atomic E-state index is 14.4. The van der Waals surface area contributed by atoms with Gasteiger partial charge in [-0.15, -0.1) is 0 Å². The van der Waals surface area contributed by atoms with Crippen molar-refractivity contribution >= 4 is 34.9 Å². The molecule has 0 radical (unpaired) electrons. The number of nitro groups is 1. The number of anilines is 1. The maximum atomic E-state index is 14.4. The van der Waals surface area contributed by atoms with Crippen molar-refractivity contribution in [2.75, 3.05) is 5.32 Å². The molecule has 2 aromatic rings. The van der Waals surface area contributed by atoms with E-state index in [0.29, 0.717) is 5.69 Å². The number of halogens is 2. The van der Waals surface area contributed by atoms with Gasteiger partial charge in [0.05, 0.1) is 16.5 Å². The fourth-order valence-electron chi connectivity index (χ4n) is 2.86. The molecule has 3 amide bonds. The molecule has 0 spiro atoms. The Balaban J connectivity index is 1.96. The summed E-state index contributed by atoms with van der Waals surface area (Å²) in [5.74, 6) is -1.30. The number of carbonyl (C=O) groups excluding carboxylic acids is 2. The lowest BCUT2D eigenvalue weighted by Crippen LogP contribution is -2.46. The highest BCUT2D eigenvalue weighted by Gasteiger charge is 2.34. The first-order chi connectivity index (χ1) is 13.3. The zero-order valence-corrected chi connectivity index (χ0v) is 15.2. The highest BCUT2D eigenvalue weighted by molar-refractivity contribution is 6.31. The number of nitro benzene ring substituents is 1. The van der Waals surface area contributed by atoms with Crippen molar-refractivity contribution in [3.05, 3.63) is 80.3 Å². The van der Waals surface area contributed by atoms with Crippen molar-refractivity contribution in [2.24, 2.45) is 0 Å². The van der Waals surface area contributed by atoms with Crippen molar-refractivity contribution in [1.82, 2.24) is 10.6 Å². The van der Waals surface area contributed by atoms with E-state index in [-0.39, 0.29) is 27.5 Å². The Kier molecular flexibility index (Phi) is 5.27. The molecule has 0 saturated heterocycles. The third-order valence-corrected chi connectivity index (χ3v) is 4.47. The van der Waals surface area contributed by atoms with Crippen LogP contribution in [0.25, 0.3) is 0 Å². The molecule has 1 aliphatic heterocycles. The molecule has 0 unspecified atom stereocenters. The van der Waals surface area contributed by atoms with E-state index in [1.165, 1.54) is 49.4 Å². The number of urea groups is 1. The molecule has 1 atom stereocenters. The van der Waals surface area contributed by atoms with E-state index in [1.54, 1.807) is 0 Å². The van der Waals surface area contributed by atoms with Crippen LogP contribution in [0.5, 0.6) is 0 Å². The van der Waals surface area contributed by atoms with Gasteiger partial charge in [-0.25, -0.2) is 9.18 Å². The summed E-state index contributed by atoms with van der Waals surface area (Å²) in [5, 5.41) is 18.4. The van der Waals surface area contributed by atoms with Crippen molar-refractivity contribution in [2.45, 2.75) is 13.0 Å². The molecule has 0 aliphatic carbocycles. The van der Waals surface area contributed by atoms with Gasteiger partial charge in [0.2, 0.25) is 0 Å². The second-order valence-electron chi connectivity index (χ2n) is 5.96. The van der Waals surface area contributed by atoms with Crippen molar-refractivity contribution < 1.29 is 18.9 Å². The molecule has 1 aliphatic rings. The number of hydrogen-bond donors (Lipinski definition) is 3. The monoisotopic (exact) mass is 404 g/mol. The van der Waals surface area contributed by atoms with Gasteiger partial charge >= 0.3 is 6.03 Å². The lowest BCUT2D eigenvalue weighted by atomic mass is 9.94. The topological polar surface area (TPSA) is 113 Å². The number of carbonyl (C=O) groups is 2. The standard InChI is InChI=1S/C18H14ClFN4O4/c1-9-14(17(25)22-10-5-7-11(8-6-10)24(27)28)16(23-18(26)21-9)15-12(19)3-2-4-13(15)20/h2-8,16H,1H3,(H,22,25)(H2,21,23,26)/t16-/m1/s1. The van der Waals surface area contributed by atoms with Crippen LogP contribution in [0.15, 0.2) is 53.7 Å². The Morgan fingerprint density at radius 3 is 2.54 bits per heavy atom. The van der Waals surface area contributed by atoms with Gasteiger partial charge in [-0.05, 0) is 31.2 Å². The molecule has 1 heterocycles. The molecule has 0 aromatic heterocycles. The highest BCUT2D eigenvalue weighted by atomic mass is 35.5. The second-order valence-corrected chi connectivity index (χ2v) is 6.37. The molecule has 10 heteroatoms. The normalized spacial score (nSPS) is 16.2. The van der Waals surface area contributed by atoms with Gasteiger partial charge < -0.3 is 16.0 Å². The van der Waals surface area contributed by atoms with E-state index < -0.39 is 28.7 Å². The van der Waals surface area contributed by atoms with Crippen molar-refractivity contribution in [3.8, 4) is 0 Å². The van der Waals surface area contributed by atoms with Crippen LogP contribution in [0.3, 0.4) is 0 Å². The summed E-state index contributed by atoms with van der Waals surface area (Å²) in [7, 11) is 0. The Bertz CT molecular complexity index is 987. The minimum atomic E-state index is -1.11. The number of amides is 3. The van der Waals surface area contributed by atoms with E-state index in [1.807, 2.05) is 0 Å². The van der Waals surface area contributed by atoms with Crippen LogP contribution in [0.4, 0.5) is 20.6 Å². The van der Waals surface area contributed by atoms with Crippen LogP contribution in [0.2, 0.25) is 5.02 Å². The Hall–Kier alpha value is -3.46. The summed E-state index contributed by atoms with van der Waals surface area (Å²) < 4.78 is 14.4. The van der Waals surface area contributed by atoms with Crippen LogP contribution in [-0.2, 0) is 4.79 Å². The first kappa shape index (κ1) is 19.3. The molecule has 0 saturated carbocycles. The van der Waals surface area contributed by atoms with E-state index in [0.717, 1.165) is 0 Å². The van der Waals surface area contributed by atoms with E-state index in [2.05, 4.69) is 16.0 Å². The number of nitrogens with one attached hydrogen (secondary N) is 3. The predicted molar refractivity (Wildman–Crippen MR) is 100 cm³/mol. The molecule has 8 nitrogen and oxygen atoms in total. The smallest absolute Gasteiger partial charge is 0.319 e. The average Bonchev–Trinajstić information content (AvgIpc) is 2.61. The molecule has 144 valence electrons. The molecule has 0 bridgehead atoms. The first-order valence-corrected chi connectivity index (χ1v) is 8.43. The summed E-state index contributed by atoms with van der Waals surface area (Å²) in [6.07, 6.45) is 0. The largest absolute Gasteiger partial charge is 0.327 e. The molecule has 2 aromatic carbocycles. The minimum absolute atomic E-state index is 0.0350. The summed E-state index contributed by atoms with van der Waals surface area (Å²) in [6.45, 7) is 1.51. The Labute approximate surface area is 163 Å². The lowest BCUT2D eigenvalue weighted by molar-refractivity contribution is -0.384. The van der Waals surface area contributed by atoms with Gasteiger partial charge in [0.15, 0.2) is 0 Å². The summed E-state index contributed by atoms with van der Waals surface area (Å²) in [4.78, 5) is 34.9. The van der Waals surface area contributed by atoms with Gasteiger partial charge in [-0.2, -0.15) is 0 Å². The van der Waals surface area contributed by atoms with Crippen LogP contribution < -0.4 is 16.0 Å². The minimum Gasteiger partial charge on any atom is -0.327 e. The molecular weight excluding hydrogens is 391 g/mol. The van der Waals surface area contributed by atoms with E-state index >= 15 is 0 Å². The van der Waals surface area contributed by atoms with Crippen LogP contribution in [0.1, 0.15) is 18.5 Å². The average molecular weight is 405 g/mol. The summed E-state index contributed by atoms with van der Waals surface area (Å²) in [5.41, 5.74) is 0.423. The lowest BCUT2D eigenvalue weighted by Gasteiger charge is -2.29. The number of hydrogen-bond acceptors (Lipinski definition) is 4. The SMILES string of the molecule is CC1=C(C(=O)Nc2ccc([N+](=O)[O-])cc2)[C@H](c2c(F)cccc2Cl)NC(=O)N1.